The van der Waals surface area contributed by atoms with E-state index in [1.165, 1.54) is 19.3 Å². The Hall–Kier alpha value is -0.830. The van der Waals surface area contributed by atoms with Crippen LogP contribution in [0.1, 0.15) is 60.3 Å². The number of aliphatic hydroxyl groups excluding tert-OH is 1. The van der Waals surface area contributed by atoms with Crippen molar-refractivity contribution in [2.24, 2.45) is 11.8 Å². The molecule has 0 saturated heterocycles. The van der Waals surface area contributed by atoms with Gasteiger partial charge in [0.25, 0.3) is 5.97 Å². The Bertz CT molecular complexity index is 216. The molecule has 0 aromatic carbocycles. The number of rotatable bonds is 7. The first-order chi connectivity index (χ1) is 8.25. The maximum absolute atomic E-state index is 9.03. The van der Waals surface area contributed by atoms with E-state index in [1.54, 1.807) is 6.92 Å². The van der Waals surface area contributed by atoms with Gasteiger partial charge in [-0.15, -0.1) is 0 Å². The van der Waals surface area contributed by atoms with Gasteiger partial charge < -0.3 is 10.2 Å². The largest absolute Gasteiger partial charge is 0.481 e. The van der Waals surface area contributed by atoms with E-state index in [-0.39, 0.29) is 6.10 Å². The standard InChI is InChI=1S/C13H26O.C2H4O2/c1-11(2)7-5-8-12(3)9-6-10-13(4)14;1-2(3)4/h6,10-14H,5,7-9H2,1-4H3;1H3,(H,3,4)/t12-,13?;/m1./s1. The third-order valence-corrected chi connectivity index (χ3v) is 2.43. The molecule has 108 valence electrons. The van der Waals surface area contributed by atoms with Crippen LogP contribution in [0.15, 0.2) is 12.2 Å². The average molecular weight is 258 g/mol. The Morgan fingerprint density at radius 2 is 1.67 bits per heavy atom. The van der Waals surface area contributed by atoms with Gasteiger partial charge in [0.1, 0.15) is 0 Å². The zero-order chi connectivity index (χ0) is 14.6. The summed E-state index contributed by atoms with van der Waals surface area (Å²) in [5.74, 6) is 0.749. The van der Waals surface area contributed by atoms with Crippen molar-refractivity contribution >= 4 is 5.97 Å². The van der Waals surface area contributed by atoms with Gasteiger partial charge in [-0.2, -0.15) is 0 Å². The minimum atomic E-state index is -0.833. The Morgan fingerprint density at radius 3 is 2.06 bits per heavy atom. The quantitative estimate of drug-likeness (QED) is 0.682. The molecule has 2 atom stereocenters. The Balaban J connectivity index is 0. The molecule has 2 N–H and O–H groups in total. The minimum Gasteiger partial charge on any atom is -0.481 e. The normalized spacial score (nSPS) is 14.2. The van der Waals surface area contributed by atoms with E-state index in [4.69, 9.17) is 15.0 Å². The summed E-state index contributed by atoms with van der Waals surface area (Å²) < 4.78 is 0. The number of hydrogen-bond acceptors (Lipinski definition) is 2. The summed E-state index contributed by atoms with van der Waals surface area (Å²) in [6.45, 7) is 9.71. The molecule has 0 aliphatic heterocycles. The van der Waals surface area contributed by atoms with Crippen molar-refractivity contribution in [3.63, 3.8) is 0 Å². The lowest BCUT2D eigenvalue weighted by Crippen LogP contribution is -1.97. The Morgan fingerprint density at radius 1 is 1.17 bits per heavy atom. The van der Waals surface area contributed by atoms with Crippen molar-refractivity contribution in [2.45, 2.75) is 66.4 Å². The predicted molar refractivity (Wildman–Crippen MR) is 76.6 cm³/mol. The topological polar surface area (TPSA) is 57.5 Å². The summed E-state index contributed by atoms with van der Waals surface area (Å²) >= 11 is 0. The molecule has 0 fully saturated rings. The van der Waals surface area contributed by atoms with Gasteiger partial charge in [0, 0.05) is 6.92 Å². The summed E-state index contributed by atoms with van der Waals surface area (Å²) in [7, 11) is 0. The zero-order valence-electron chi connectivity index (χ0n) is 12.5. The molecule has 18 heavy (non-hydrogen) atoms. The maximum atomic E-state index is 9.03. The molecular formula is C15H30O3. The predicted octanol–water partition coefficient (Wildman–Crippen LogP) is 3.87. The Kier molecular flexibility index (Phi) is 13.7. The molecule has 0 aromatic rings. The molecular weight excluding hydrogens is 228 g/mol. The first-order valence-electron chi connectivity index (χ1n) is 6.79. The molecule has 0 rings (SSSR count). The van der Waals surface area contributed by atoms with Crippen LogP contribution >= 0.6 is 0 Å². The first kappa shape index (κ1) is 19.5. The van der Waals surface area contributed by atoms with E-state index in [9.17, 15) is 0 Å². The van der Waals surface area contributed by atoms with E-state index >= 15 is 0 Å². The van der Waals surface area contributed by atoms with Crippen molar-refractivity contribution in [3.8, 4) is 0 Å². The molecule has 0 bridgehead atoms. The van der Waals surface area contributed by atoms with Crippen molar-refractivity contribution in [3.05, 3.63) is 12.2 Å². The molecule has 1 unspecified atom stereocenters. The summed E-state index contributed by atoms with van der Waals surface area (Å²) in [5.41, 5.74) is 0. The second-order valence-electron chi connectivity index (χ2n) is 5.35. The van der Waals surface area contributed by atoms with Crippen LogP contribution in [0.4, 0.5) is 0 Å². The highest BCUT2D eigenvalue weighted by Gasteiger charge is 2.01. The van der Waals surface area contributed by atoms with Crippen LogP contribution in [-0.2, 0) is 4.79 Å². The third kappa shape index (κ3) is 24.4. The van der Waals surface area contributed by atoms with Gasteiger partial charge in [-0.1, -0.05) is 52.2 Å². The smallest absolute Gasteiger partial charge is 0.300 e. The number of aliphatic hydroxyl groups is 1. The molecule has 0 heterocycles. The van der Waals surface area contributed by atoms with Crippen molar-refractivity contribution in [2.75, 3.05) is 0 Å². The van der Waals surface area contributed by atoms with Gasteiger partial charge in [-0.25, -0.2) is 0 Å². The van der Waals surface area contributed by atoms with Crippen molar-refractivity contribution in [1.82, 2.24) is 0 Å². The molecule has 0 radical (unpaired) electrons. The van der Waals surface area contributed by atoms with Crippen molar-refractivity contribution in [1.29, 1.82) is 0 Å². The van der Waals surface area contributed by atoms with Crippen LogP contribution < -0.4 is 0 Å². The van der Waals surface area contributed by atoms with Crippen LogP contribution in [-0.4, -0.2) is 22.3 Å². The molecule has 3 heteroatoms. The van der Waals surface area contributed by atoms with E-state index in [1.807, 2.05) is 6.08 Å². The zero-order valence-corrected chi connectivity index (χ0v) is 12.5. The van der Waals surface area contributed by atoms with E-state index in [0.29, 0.717) is 0 Å². The van der Waals surface area contributed by atoms with Crippen molar-refractivity contribution < 1.29 is 15.0 Å². The van der Waals surface area contributed by atoms with Crippen LogP contribution in [0.25, 0.3) is 0 Å². The fourth-order valence-electron chi connectivity index (χ4n) is 1.50. The molecule has 0 spiro atoms. The van der Waals surface area contributed by atoms with Crippen LogP contribution in [0.3, 0.4) is 0 Å². The van der Waals surface area contributed by atoms with Crippen LogP contribution in [0.5, 0.6) is 0 Å². The lowest BCUT2D eigenvalue weighted by atomic mass is 9.97. The molecule has 0 aliphatic rings. The number of carbonyl (C=O) groups is 1. The first-order valence-corrected chi connectivity index (χ1v) is 6.79. The summed E-state index contributed by atoms with van der Waals surface area (Å²) in [6, 6.07) is 0. The van der Waals surface area contributed by atoms with E-state index in [0.717, 1.165) is 25.2 Å². The maximum Gasteiger partial charge on any atom is 0.300 e. The van der Waals surface area contributed by atoms with Gasteiger partial charge >= 0.3 is 0 Å². The van der Waals surface area contributed by atoms with Gasteiger partial charge in [-0.3, -0.25) is 4.79 Å². The molecule has 0 aliphatic carbocycles. The van der Waals surface area contributed by atoms with Gasteiger partial charge in [0.2, 0.25) is 0 Å². The second-order valence-corrected chi connectivity index (χ2v) is 5.35. The van der Waals surface area contributed by atoms with Gasteiger partial charge in [0.15, 0.2) is 0 Å². The van der Waals surface area contributed by atoms with Crippen LogP contribution in [0, 0.1) is 11.8 Å². The molecule has 3 nitrogen and oxygen atoms in total. The second kappa shape index (κ2) is 12.6. The number of hydrogen-bond donors (Lipinski definition) is 2. The average Bonchev–Trinajstić information content (AvgIpc) is 2.15. The summed E-state index contributed by atoms with van der Waals surface area (Å²) in [6.07, 6.45) is 8.76. The monoisotopic (exact) mass is 258 g/mol. The molecule has 0 amide bonds. The number of allylic oxidation sites excluding steroid dienone is 1. The van der Waals surface area contributed by atoms with Gasteiger partial charge in [-0.05, 0) is 25.2 Å². The van der Waals surface area contributed by atoms with Crippen LogP contribution in [0.2, 0.25) is 0 Å². The number of aliphatic carboxylic acids is 1. The molecule has 0 aromatic heterocycles. The molecule has 0 saturated carbocycles. The lowest BCUT2D eigenvalue weighted by Gasteiger charge is -2.09. The fraction of sp³-hybridized carbons (Fsp3) is 0.800. The Labute approximate surface area is 112 Å². The number of carboxylic acids is 1. The minimum absolute atomic E-state index is 0.294. The highest BCUT2D eigenvalue weighted by molar-refractivity contribution is 5.62. The third-order valence-electron chi connectivity index (χ3n) is 2.43. The summed E-state index contributed by atoms with van der Waals surface area (Å²) in [5, 5.41) is 16.4. The highest BCUT2D eigenvalue weighted by Crippen LogP contribution is 2.15. The van der Waals surface area contributed by atoms with E-state index < -0.39 is 5.97 Å². The SMILES string of the molecule is CC(=O)O.CC(O)C=CC[C@H](C)CCCC(C)C. The summed E-state index contributed by atoms with van der Waals surface area (Å²) in [4.78, 5) is 9.00. The van der Waals surface area contributed by atoms with E-state index in [2.05, 4.69) is 26.8 Å². The lowest BCUT2D eigenvalue weighted by molar-refractivity contribution is -0.134. The fourth-order valence-corrected chi connectivity index (χ4v) is 1.50. The van der Waals surface area contributed by atoms with Gasteiger partial charge in [0.05, 0.1) is 6.10 Å². The highest BCUT2D eigenvalue weighted by atomic mass is 16.4. The number of carboxylic acid groups (broad SMARTS) is 1.